The third kappa shape index (κ3) is 4.80. The fourth-order valence-corrected chi connectivity index (χ4v) is 3.06. The molecule has 1 heterocycles. The number of carbonyl (C=O) groups excluding carboxylic acids is 1. The van der Waals surface area contributed by atoms with Gasteiger partial charge in [-0.3, -0.25) is 9.59 Å². The van der Waals surface area contributed by atoms with Crippen LogP contribution in [0, 0.1) is 0 Å². The van der Waals surface area contributed by atoms with Gasteiger partial charge in [-0.05, 0) is 24.6 Å². The molecule has 0 saturated heterocycles. The first kappa shape index (κ1) is 18.8. The maximum atomic E-state index is 12.6. The molecule has 3 rings (SSSR count). The van der Waals surface area contributed by atoms with Gasteiger partial charge in [-0.15, -0.1) is 0 Å². The number of benzene rings is 2. The smallest absolute Gasteiger partial charge is 0.277 e. The average Bonchev–Trinajstić information content (AvgIpc) is 2.68. The number of hydrogen-bond donors (Lipinski definition) is 2. The molecule has 3 aromatic rings. The van der Waals surface area contributed by atoms with Gasteiger partial charge in [0.25, 0.3) is 11.5 Å². The van der Waals surface area contributed by atoms with Gasteiger partial charge in [-0.2, -0.15) is 0 Å². The minimum Gasteiger partial charge on any atom is -0.337 e. The Kier molecular flexibility index (Phi) is 5.98. The summed E-state index contributed by atoms with van der Waals surface area (Å²) >= 11 is 0. The summed E-state index contributed by atoms with van der Waals surface area (Å²) in [6.07, 6.45) is 0. The Hall–Kier alpha value is -2.99. The first-order valence-electron chi connectivity index (χ1n) is 9.16. The Labute approximate surface area is 158 Å². The number of rotatable bonds is 7. The third-order valence-electron chi connectivity index (χ3n) is 4.67. The van der Waals surface area contributed by atoms with E-state index >= 15 is 0 Å². The van der Waals surface area contributed by atoms with Crippen molar-refractivity contribution < 1.29 is 9.69 Å². The van der Waals surface area contributed by atoms with Crippen LogP contribution < -0.4 is 10.5 Å². The van der Waals surface area contributed by atoms with Crippen LogP contribution >= 0.6 is 0 Å². The number of quaternary nitrogens is 1. The Morgan fingerprint density at radius 3 is 2.56 bits per heavy atom. The summed E-state index contributed by atoms with van der Waals surface area (Å²) in [6, 6.07) is 17.2. The number of nitrogens with zero attached hydrogens (tertiary/aromatic N) is 2. The molecule has 140 valence electrons. The van der Waals surface area contributed by atoms with Gasteiger partial charge in [0.05, 0.1) is 17.4 Å². The lowest BCUT2D eigenvalue weighted by Crippen LogP contribution is -3.11. The van der Waals surface area contributed by atoms with E-state index in [2.05, 4.69) is 9.97 Å². The van der Waals surface area contributed by atoms with Crippen LogP contribution in [0.4, 0.5) is 0 Å². The van der Waals surface area contributed by atoms with Gasteiger partial charge in [-0.1, -0.05) is 42.5 Å². The highest BCUT2D eigenvalue weighted by molar-refractivity contribution is 5.77. The molecule has 1 unspecified atom stereocenters. The molecular formula is C21H25N4O2+. The second kappa shape index (κ2) is 8.60. The summed E-state index contributed by atoms with van der Waals surface area (Å²) in [6.45, 7) is 4.24. The van der Waals surface area contributed by atoms with Gasteiger partial charge in [0.15, 0.2) is 12.4 Å². The Morgan fingerprint density at radius 1 is 1.11 bits per heavy atom. The molecular weight excluding hydrogens is 340 g/mol. The number of aromatic amines is 1. The monoisotopic (exact) mass is 365 g/mol. The molecule has 0 aliphatic carbocycles. The predicted molar refractivity (Wildman–Crippen MR) is 105 cm³/mol. The minimum absolute atomic E-state index is 0.0684. The van der Waals surface area contributed by atoms with Crippen molar-refractivity contribution in [1.82, 2.24) is 14.9 Å². The quantitative estimate of drug-likeness (QED) is 0.656. The van der Waals surface area contributed by atoms with Crippen LogP contribution in [0.2, 0.25) is 0 Å². The van der Waals surface area contributed by atoms with Gasteiger partial charge < -0.3 is 14.8 Å². The van der Waals surface area contributed by atoms with E-state index in [4.69, 9.17) is 0 Å². The van der Waals surface area contributed by atoms with Crippen LogP contribution in [-0.2, 0) is 17.9 Å². The van der Waals surface area contributed by atoms with Crippen LogP contribution in [0.1, 0.15) is 18.3 Å². The van der Waals surface area contributed by atoms with E-state index in [1.807, 2.05) is 62.5 Å². The van der Waals surface area contributed by atoms with E-state index in [0.717, 1.165) is 17.0 Å². The molecule has 1 aromatic heterocycles. The summed E-state index contributed by atoms with van der Waals surface area (Å²) in [5.74, 6) is 0.674. The minimum atomic E-state index is -0.140. The summed E-state index contributed by atoms with van der Waals surface area (Å²) in [5, 5.41) is 0.581. The van der Waals surface area contributed by atoms with Crippen LogP contribution in [0.5, 0.6) is 0 Å². The molecule has 0 fully saturated rings. The van der Waals surface area contributed by atoms with Crippen molar-refractivity contribution in [2.45, 2.75) is 20.0 Å². The third-order valence-corrected chi connectivity index (χ3v) is 4.67. The zero-order valence-corrected chi connectivity index (χ0v) is 15.7. The topological polar surface area (TPSA) is 70.5 Å². The number of likely N-dealkylation sites (N-methyl/N-ethyl adjacent to an activating group) is 2. The van der Waals surface area contributed by atoms with E-state index < -0.39 is 0 Å². The number of para-hydroxylation sites is 1. The van der Waals surface area contributed by atoms with E-state index in [1.165, 1.54) is 0 Å². The molecule has 0 spiro atoms. The van der Waals surface area contributed by atoms with Gasteiger partial charge in [0.1, 0.15) is 6.54 Å². The maximum absolute atomic E-state index is 12.6. The highest BCUT2D eigenvalue weighted by Gasteiger charge is 2.18. The van der Waals surface area contributed by atoms with Crippen molar-refractivity contribution in [2.75, 3.05) is 20.1 Å². The standard InChI is InChI=1S/C21H24N4O2/c1-3-25(15-20(26)24(2)13-16-9-5-4-6-10-16)14-19-22-18-12-8-7-11-17(18)21(27)23-19/h4-12H,3,13-15H2,1-2H3,(H,22,23,27)/p+1. The number of aromatic nitrogens is 2. The molecule has 6 heteroatoms. The van der Waals surface area contributed by atoms with Crippen molar-refractivity contribution in [3.05, 3.63) is 76.3 Å². The molecule has 6 nitrogen and oxygen atoms in total. The first-order chi connectivity index (χ1) is 13.1. The molecule has 2 N–H and O–H groups in total. The van der Waals surface area contributed by atoms with Crippen molar-refractivity contribution in [3.63, 3.8) is 0 Å². The zero-order valence-electron chi connectivity index (χ0n) is 15.7. The van der Waals surface area contributed by atoms with E-state index in [1.54, 1.807) is 11.0 Å². The predicted octanol–water partition coefficient (Wildman–Crippen LogP) is 0.987. The lowest BCUT2D eigenvalue weighted by atomic mass is 10.2. The first-order valence-corrected chi connectivity index (χ1v) is 9.16. The number of nitrogens with one attached hydrogen (secondary N) is 2. The summed E-state index contributed by atoms with van der Waals surface area (Å²) in [4.78, 5) is 35.0. The fourth-order valence-electron chi connectivity index (χ4n) is 3.06. The van der Waals surface area contributed by atoms with Crippen molar-refractivity contribution in [2.24, 2.45) is 0 Å². The van der Waals surface area contributed by atoms with E-state index in [-0.39, 0.29) is 11.5 Å². The van der Waals surface area contributed by atoms with Crippen molar-refractivity contribution in [3.8, 4) is 0 Å². The average molecular weight is 365 g/mol. The summed E-state index contributed by atoms with van der Waals surface area (Å²) in [5.41, 5.74) is 1.64. The van der Waals surface area contributed by atoms with E-state index in [0.29, 0.717) is 36.4 Å². The molecule has 27 heavy (non-hydrogen) atoms. The second-order valence-corrected chi connectivity index (χ2v) is 6.72. The van der Waals surface area contributed by atoms with Crippen LogP contribution in [0.3, 0.4) is 0 Å². The zero-order chi connectivity index (χ0) is 19.2. The lowest BCUT2D eigenvalue weighted by molar-refractivity contribution is -0.905. The van der Waals surface area contributed by atoms with Gasteiger partial charge in [-0.25, -0.2) is 4.98 Å². The molecule has 0 aliphatic heterocycles. The molecule has 1 atom stereocenters. The number of carbonyl (C=O) groups is 1. The highest BCUT2D eigenvalue weighted by atomic mass is 16.2. The summed E-state index contributed by atoms with van der Waals surface area (Å²) < 4.78 is 0. The number of H-pyrrole nitrogens is 1. The number of amides is 1. The van der Waals surface area contributed by atoms with Crippen LogP contribution in [0.15, 0.2) is 59.4 Å². The fraction of sp³-hybridized carbons (Fsp3) is 0.286. The SMILES string of the molecule is CC[NH+](CC(=O)N(C)Cc1ccccc1)Cc1nc2ccccc2c(=O)[nH]1. The lowest BCUT2D eigenvalue weighted by Gasteiger charge is -2.21. The van der Waals surface area contributed by atoms with E-state index in [9.17, 15) is 9.59 Å². The number of hydrogen-bond acceptors (Lipinski definition) is 3. The number of fused-ring (bicyclic) bond motifs is 1. The Balaban J connectivity index is 1.66. The van der Waals surface area contributed by atoms with Crippen LogP contribution in [0.25, 0.3) is 10.9 Å². The molecule has 0 bridgehead atoms. The molecule has 0 radical (unpaired) electrons. The van der Waals surface area contributed by atoms with Crippen LogP contribution in [-0.4, -0.2) is 40.9 Å². The normalized spacial score (nSPS) is 12.1. The largest absolute Gasteiger partial charge is 0.337 e. The Bertz CT molecular complexity index is 969. The Morgan fingerprint density at radius 2 is 1.81 bits per heavy atom. The molecule has 1 amide bonds. The van der Waals surface area contributed by atoms with Gasteiger partial charge in [0, 0.05) is 13.6 Å². The second-order valence-electron chi connectivity index (χ2n) is 6.72. The summed E-state index contributed by atoms with van der Waals surface area (Å²) in [7, 11) is 1.82. The van der Waals surface area contributed by atoms with Gasteiger partial charge >= 0.3 is 0 Å². The van der Waals surface area contributed by atoms with Gasteiger partial charge in [0.2, 0.25) is 0 Å². The maximum Gasteiger partial charge on any atom is 0.277 e. The molecule has 0 aliphatic rings. The van der Waals surface area contributed by atoms with Crippen molar-refractivity contribution in [1.29, 1.82) is 0 Å². The molecule has 2 aromatic carbocycles. The van der Waals surface area contributed by atoms with Crippen molar-refractivity contribution >= 4 is 16.8 Å². The molecule has 0 saturated carbocycles. The highest BCUT2D eigenvalue weighted by Crippen LogP contribution is 2.05.